The minimum Gasteiger partial charge on any atom is -0.480 e. The smallest absolute Gasteiger partial charge is 0.321 e. The molecule has 1 aliphatic heterocycles. The lowest BCUT2D eigenvalue weighted by Gasteiger charge is -2.31. The van der Waals surface area contributed by atoms with Crippen LogP contribution in [0.25, 0.3) is 0 Å². The average Bonchev–Trinajstić information content (AvgIpc) is 2.72. The Hall–Kier alpha value is -0.570. The molecule has 98 valence electrons. The third-order valence-corrected chi connectivity index (χ3v) is 4.56. The summed E-state index contributed by atoms with van der Waals surface area (Å²) in [5.41, 5.74) is 0. The van der Waals surface area contributed by atoms with Crippen molar-refractivity contribution >= 4 is 5.97 Å². The highest BCUT2D eigenvalue weighted by molar-refractivity contribution is 5.74. The SMILES string of the molecule is CC(C)CC(C)N1CC2CCCC2C1C(=O)O. The van der Waals surface area contributed by atoms with Crippen molar-refractivity contribution in [1.82, 2.24) is 4.90 Å². The molecule has 0 aromatic rings. The van der Waals surface area contributed by atoms with Gasteiger partial charge in [-0.25, -0.2) is 0 Å². The maximum Gasteiger partial charge on any atom is 0.321 e. The van der Waals surface area contributed by atoms with E-state index >= 15 is 0 Å². The second kappa shape index (κ2) is 4.97. The minimum absolute atomic E-state index is 0.212. The summed E-state index contributed by atoms with van der Waals surface area (Å²) in [5, 5.41) is 9.47. The number of hydrogen-bond donors (Lipinski definition) is 1. The van der Waals surface area contributed by atoms with Gasteiger partial charge in [0.2, 0.25) is 0 Å². The van der Waals surface area contributed by atoms with E-state index in [0.29, 0.717) is 23.8 Å². The van der Waals surface area contributed by atoms with Crippen molar-refractivity contribution in [2.24, 2.45) is 17.8 Å². The zero-order valence-electron chi connectivity index (χ0n) is 11.2. The first-order chi connectivity index (χ1) is 8.00. The van der Waals surface area contributed by atoms with Crippen molar-refractivity contribution in [2.45, 2.75) is 58.5 Å². The van der Waals surface area contributed by atoms with Crippen LogP contribution in [0.5, 0.6) is 0 Å². The number of rotatable bonds is 4. The van der Waals surface area contributed by atoms with Crippen LogP contribution in [-0.2, 0) is 4.79 Å². The van der Waals surface area contributed by atoms with Gasteiger partial charge in [0.15, 0.2) is 0 Å². The van der Waals surface area contributed by atoms with Gasteiger partial charge in [-0.15, -0.1) is 0 Å². The molecule has 0 amide bonds. The van der Waals surface area contributed by atoms with Crippen molar-refractivity contribution < 1.29 is 9.90 Å². The number of hydrogen-bond acceptors (Lipinski definition) is 2. The van der Waals surface area contributed by atoms with Crippen LogP contribution in [0, 0.1) is 17.8 Å². The molecule has 4 atom stereocenters. The fourth-order valence-corrected chi connectivity index (χ4v) is 3.93. The minimum atomic E-state index is -0.602. The van der Waals surface area contributed by atoms with E-state index < -0.39 is 5.97 Å². The molecule has 1 heterocycles. The Morgan fingerprint density at radius 2 is 2.06 bits per heavy atom. The summed E-state index contributed by atoms with van der Waals surface area (Å²) in [6.07, 6.45) is 4.68. The average molecular weight is 239 g/mol. The molecule has 0 spiro atoms. The van der Waals surface area contributed by atoms with Crippen LogP contribution in [0.4, 0.5) is 0 Å². The second-order valence-corrected chi connectivity index (χ2v) is 6.31. The Balaban J connectivity index is 2.08. The summed E-state index contributed by atoms with van der Waals surface area (Å²) in [7, 11) is 0. The van der Waals surface area contributed by atoms with Crippen molar-refractivity contribution in [1.29, 1.82) is 0 Å². The highest BCUT2D eigenvalue weighted by atomic mass is 16.4. The molecule has 3 nitrogen and oxygen atoms in total. The first-order valence-electron chi connectivity index (χ1n) is 6.99. The van der Waals surface area contributed by atoms with E-state index in [0.717, 1.165) is 19.4 Å². The standard InChI is InChI=1S/C14H25NO2/c1-9(2)7-10(3)15-8-11-5-4-6-12(11)13(15)14(16)17/h9-13H,4-8H2,1-3H3,(H,16,17). The molecule has 0 aromatic carbocycles. The van der Waals surface area contributed by atoms with Crippen LogP contribution in [-0.4, -0.2) is 34.6 Å². The summed E-state index contributed by atoms with van der Waals surface area (Å²) >= 11 is 0. The lowest BCUT2D eigenvalue weighted by atomic mass is 9.94. The molecule has 0 bridgehead atoms. The van der Waals surface area contributed by atoms with Gasteiger partial charge in [0.05, 0.1) is 0 Å². The third-order valence-electron chi connectivity index (χ3n) is 4.56. The lowest BCUT2D eigenvalue weighted by Crippen LogP contribution is -2.44. The predicted molar refractivity (Wildman–Crippen MR) is 67.9 cm³/mol. The molecule has 0 aromatic heterocycles. The molecule has 0 radical (unpaired) electrons. The highest BCUT2D eigenvalue weighted by Crippen LogP contribution is 2.43. The number of nitrogens with zero attached hydrogens (tertiary/aromatic N) is 1. The van der Waals surface area contributed by atoms with Gasteiger partial charge in [-0.2, -0.15) is 0 Å². The Kier molecular flexibility index (Phi) is 3.76. The first-order valence-corrected chi connectivity index (χ1v) is 6.99. The largest absolute Gasteiger partial charge is 0.480 e. The Labute approximate surface area is 104 Å². The number of carboxylic acids is 1. The zero-order valence-corrected chi connectivity index (χ0v) is 11.2. The fourth-order valence-electron chi connectivity index (χ4n) is 3.93. The normalized spacial score (nSPS) is 35.2. The van der Waals surface area contributed by atoms with E-state index in [4.69, 9.17) is 0 Å². The van der Waals surface area contributed by atoms with E-state index in [1.807, 2.05) is 0 Å². The van der Waals surface area contributed by atoms with Gasteiger partial charge in [-0.1, -0.05) is 20.3 Å². The van der Waals surface area contributed by atoms with Crippen molar-refractivity contribution in [2.75, 3.05) is 6.54 Å². The maximum atomic E-state index is 11.5. The van der Waals surface area contributed by atoms with E-state index in [9.17, 15) is 9.90 Å². The molecule has 17 heavy (non-hydrogen) atoms. The van der Waals surface area contributed by atoms with Gasteiger partial charge in [0.25, 0.3) is 0 Å². The monoisotopic (exact) mass is 239 g/mol. The summed E-state index contributed by atoms with van der Waals surface area (Å²) in [4.78, 5) is 13.8. The molecule has 2 fully saturated rings. The van der Waals surface area contributed by atoms with Crippen LogP contribution < -0.4 is 0 Å². The zero-order chi connectivity index (χ0) is 12.6. The van der Waals surface area contributed by atoms with Crippen LogP contribution in [0.3, 0.4) is 0 Å². The Morgan fingerprint density at radius 3 is 2.65 bits per heavy atom. The lowest BCUT2D eigenvalue weighted by molar-refractivity contribution is -0.144. The molecule has 2 aliphatic rings. The molecular formula is C14H25NO2. The number of carbonyl (C=O) groups is 1. The topological polar surface area (TPSA) is 40.5 Å². The highest BCUT2D eigenvalue weighted by Gasteiger charge is 2.48. The van der Waals surface area contributed by atoms with Crippen LogP contribution in [0.1, 0.15) is 46.5 Å². The third kappa shape index (κ3) is 2.49. The molecular weight excluding hydrogens is 214 g/mol. The van der Waals surface area contributed by atoms with Crippen molar-refractivity contribution in [3.8, 4) is 0 Å². The molecule has 2 rings (SSSR count). The van der Waals surface area contributed by atoms with E-state index in [1.54, 1.807) is 0 Å². The van der Waals surface area contributed by atoms with Gasteiger partial charge in [-0.05, 0) is 43.9 Å². The van der Waals surface area contributed by atoms with Gasteiger partial charge in [-0.3, -0.25) is 9.69 Å². The maximum absolute atomic E-state index is 11.5. The van der Waals surface area contributed by atoms with E-state index in [2.05, 4.69) is 25.7 Å². The number of aliphatic carboxylic acids is 1. The quantitative estimate of drug-likeness (QED) is 0.820. The summed E-state index contributed by atoms with van der Waals surface area (Å²) in [6.45, 7) is 7.62. The number of fused-ring (bicyclic) bond motifs is 1. The molecule has 4 unspecified atom stereocenters. The summed E-state index contributed by atoms with van der Waals surface area (Å²) < 4.78 is 0. The van der Waals surface area contributed by atoms with E-state index in [1.165, 1.54) is 12.8 Å². The Bertz CT molecular complexity index is 290. The molecule has 1 N–H and O–H groups in total. The van der Waals surface area contributed by atoms with Crippen molar-refractivity contribution in [3.63, 3.8) is 0 Å². The van der Waals surface area contributed by atoms with Gasteiger partial charge in [0.1, 0.15) is 6.04 Å². The molecule has 3 heteroatoms. The fraction of sp³-hybridized carbons (Fsp3) is 0.929. The molecule has 1 saturated carbocycles. The molecule has 1 aliphatic carbocycles. The van der Waals surface area contributed by atoms with Crippen molar-refractivity contribution in [3.05, 3.63) is 0 Å². The van der Waals surface area contributed by atoms with Crippen LogP contribution >= 0.6 is 0 Å². The summed E-state index contributed by atoms with van der Waals surface area (Å²) in [6, 6.07) is 0.193. The Morgan fingerprint density at radius 1 is 1.35 bits per heavy atom. The molecule has 1 saturated heterocycles. The predicted octanol–water partition coefficient (Wildman–Crippen LogP) is 2.61. The van der Waals surface area contributed by atoms with Gasteiger partial charge < -0.3 is 5.11 Å². The second-order valence-electron chi connectivity index (χ2n) is 6.31. The van der Waals surface area contributed by atoms with Gasteiger partial charge >= 0.3 is 5.97 Å². The van der Waals surface area contributed by atoms with Crippen LogP contribution in [0.15, 0.2) is 0 Å². The first kappa shape index (κ1) is 12.9. The number of carboxylic acid groups (broad SMARTS) is 1. The summed E-state index contributed by atoms with van der Waals surface area (Å²) in [5.74, 6) is 1.10. The number of likely N-dealkylation sites (tertiary alicyclic amines) is 1. The van der Waals surface area contributed by atoms with Gasteiger partial charge in [0, 0.05) is 12.6 Å². The van der Waals surface area contributed by atoms with E-state index in [-0.39, 0.29) is 6.04 Å². The van der Waals surface area contributed by atoms with Crippen LogP contribution in [0.2, 0.25) is 0 Å².